The number of para-hydroxylation sites is 1. The normalized spacial score (nSPS) is 20.8. The minimum absolute atomic E-state index is 0.0139. The number of hydrogen-bond donors (Lipinski definition) is 0. The van der Waals surface area contributed by atoms with Crippen molar-refractivity contribution in [2.45, 2.75) is 44.0 Å². The predicted molar refractivity (Wildman–Crippen MR) is 114 cm³/mol. The molecule has 178 valence electrons. The van der Waals surface area contributed by atoms with Crippen LogP contribution in [0.2, 0.25) is 0 Å². The van der Waals surface area contributed by atoms with Crippen molar-refractivity contribution < 1.29 is 36.2 Å². The maximum absolute atomic E-state index is 14.8. The van der Waals surface area contributed by atoms with Crippen LogP contribution in [0.3, 0.4) is 0 Å². The van der Waals surface area contributed by atoms with Crippen molar-refractivity contribution in [3.05, 3.63) is 77.0 Å². The molecule has 0 N–H and O–H groups in total. The highest BCUT2D eigenvalue weighted by atomic mass is 19.4. The van der Waals surface area contributed by atoms with E-state index in [0.29, 0.717) is 22.6 Å². The fraction of sp³-hybridized carbons (Fsp3) is 0.320. The van der Waals surface area contributed by atoms with Crippen LogP contribution in [0.4, 0.5) is 23.2 Å². The zero-order valence-electron chi connectivity index (χ0n) is 18.6. The number of amides is 1. The van der Waals surface area contributed by atoms with E-state index in [9.17, 15) is 22.4 Å². The number of carbonyl (C=O) groups is 1. The van der Waals surface area contributed by atoms with E-state index in [-0.39, 0.29) is 30.4 Å². The van der Waals surface area contributed by atoms with E-state index in [4.69, 9.17) is 13.9 Å². The zero-order chi connectivity index (χ0) is 24.5. The Labute approximate surface area is 192 Å². The van der Waals surface area contributed by atoms with Gasteiger partial charge in [0.1, 0.15) is 22.5 Å². The van der Waals surface area contributed by atoms with Gasteiger partial charge in [-0.25, -0.2) is 4.39 Å². The molecule has 1 unspecified atom stereocenters. The summed E-state index contributed by atoms with van der Waals surface area (Å²) in [5, 5.41) is 0. The van der Waals surface area contributed by atoms with Gasteiger partial charge in [0.15, 0.2) is 11.6 Å². The SMILES string of the molecule is COc1cc2c(cc1F)C1(CC(C)(C)O2)C(=O)N(Cc2ccc(C(F)(F)F)o2)c2ccccc21. The number of rotatable bonds is 3. The molecule has 3 aromatic rings. The Balaban J connectivity index is 1.67. The van der Waals surface area contributed by atoms with Gasteiger partial charge in [0.05, 0.1) is 13.7 Å². The molecule has 5 nitrogen and oxygen atoms in total. The summed E-state index contributed by atoms with van der Waals surface area (Å²) in [4.78, 5) is 15.5. The first kappa shape index (κ1) is 22.3. The summed E-state index contributed by atoms with van der Waals surface area (Å²) in [7, 11) is 1.34. The van der Waals surface area contributed by atoms with Gasteiger partial charge in [-0.2, -0.15) is 13.2 Å². The quantitative estimate of drug-likeness (QED) is 0.447. The van der Waals surface area contributed by atoms with Crippen molar-refractivity contribution in [2.24, 2.45) is 0 Å². The molecule has 1 aromatic heterocycles. The van der Waals surface area contributed by atoms with Crippen LogP contribution in [-0.2, 0) is 22.9 Å². The van der Waals surface area contributed by atoms with Crippen LogP contribution in [0.25, 0.3) is 0 Å². The average molecular weight is 475 g/mol. The van der Waals surface area contributed by atoms with E-state index < -0.39 is 28.8 Å². The second-order valence-corrected chi connectivity index (χ2v) is 9.10. The minimum atomic E-state index is -4.63. The Hall–Kier alpha value is -3.49. The van der Waals surface area contributed by atoms with Gasteiger partial charge in [0.25, 0.3) is 0 Å². The lowest BCUT2D eigenvalue weighted by Crippen LogP contribution is -2.50. The molecule has 1 amide bonds. The van der Waals surface area contributed by atoms with Crippen molar-refractivity contribution in [2.75, 3.05) is 12.0 Å². The highest BCUT2D eigenvalue weighted by Gasteiger charge is 2.58. The van der Waals surface area contributed by atoms with Crippen molar-refractivity contribution in [1.29, 1.82) is 0 Å². The molecule has 0 aliphatic carbocycles. The van der Waals surface area contributed by atoms with E-state index in [0.717, 1.165) is 6.07 Å². The molecule has 2 aliphatic rings. The molecule has 0 saturated carbocycles. The largest absolute Gasteiger partial charge is 0.494 e. The molecule has 34 heavy (non-hydrogen) atoms. The number of benzene rings is 2. The van der Waals surface area contributed by atoms with Gasteiger partial charge in [-0.05, 0) is 43.7 Å². The van der Waals surface area contributed by atoms with Gasteiger partial charge in [0.2, 0.25) is 11.7 Å². The van der Waals surface area contributed by atoms with Crippen LogP contribution in [0.1, 0.15) is 42.9 Å². The third-order valence-corrected chi connectivity index (χ3v) is 6.31. The average Bonchev–Trinajstić information content (AvgIpc) is 3.32. The molecule has 0 saturated heterocycles. The van der Waals surface area contributed by atoms with E-state index in [1.54, 1.807) is 24.3 Å². The zero-order valence-corrected chi connectivity index (χ0v) is 18.6. The molecule has 1 atom stereocenters. The molecule has 0 bridgehead atoms. The second-order valence-electron chi connectivity index (χ2n) is 9.10. The van der Waals surface area contributed by atoms with E-state index in [1.165, 1.54) is 30.2 Å². The van der Waals surface area contributed by atoms with Crippen molar-refractivity contribution >= 4 is 11.6 Å². The van der Waals surface area contributed by atoms with Gasteiger partial charge in [-0.3, -0.25) is 4.79 Å². The predicted octanol–water partition coefficient (Wildman–Crippen LogP) is 5.84. The summed E-state index contributed by atoms with van der Waals surface area (Å²) in [6.45, 7) is 3.45. The Morgan fingerprint density at radius 3 is 2.50 bits per heavy atom. The van der Waals surface area contributed by atoms with Crippen LogP contribution in [-0.4, -0.2) is 18.6 Å². The Morgan fingerprint density at radius 1 is 1.09 bits per heavy atom. The summed E-state index contributed by atoms with van der Waals surface area (Å²) >= 11 is 0. The lowest BCUT2D eigenvalue weighted by atomic mass is 9.67. The fourth-order valence-corrected chi connectivity index (χ4v) is 5.06. The lowest BCUT2D eigenvalue weighted by Gasteiger charge is -2.43. The monoisotopic (exact) mass is 475 g/mol. The molecule has 0 fully saturated rings. The van der Waals surface area contributed by atoms with Gasteiger partial charge >= 0.3 is 6.18 Å². The number of halogens is 4. The van der Waals surface area contributed by atoms with E-state index in [2.05, 4.69) is 0 Å². The van der Waals surface area contributed by atoms with Crippen molar-refractivity contribution in [3.8, 4) is 11.5 Å². The minimum Gasteiger partial charge on any atom is -0.494 e. The number of nitrogens with zero attached hydrogens (tertiary/aromatic N) is 1. The summed E-state index contributed by atoms with van der Waals surface area (Å²) in [6.07, 6.45) is -4.43. The molecule has 2 aliphatic heterocycles. The molecule has 1 spiro atoms. The second kappa shape index (κ2) is 7.25. The number of hydrogen-bond acceptors (Lipinski definition) is 4. The summed E-state index contributed by atoms with van der Waals surface area (Å²) < 4.78 is 70.1. The maximum Gasteiger partial charge on any atom is 0.449 e. The van der Waals surface area contributed by atoms with Crippen LogP contribution < -0.4 is 14.4 Å². The van der Waals surface area contributed by atoms with Crippen LogP contribution >= 0.6 is 0 Å². The molecule has 3 heterocycles. The van der Waals surface area contributed by atoms with Gasteiger partial charge in [0, 0.05) is 23.7 Å². The van der Waals surface area contributed by atoms with Crippen molar-refractivity contribution in [3.63, 3.8) is 0 Å². The molecule has 2 aromatic carbocycles. The Kier molecular flexibility index (Phi) is 4.76. The van der Waals surface area contributed by atoms with Crippen LogP contribution in [0, 0.1) is 5.82 Å². The number of furan rings is 1. The number of carbonyl (C=O) groups excluding carboxylic acids is 1. The van der Waals surface area contributed by atoms with Crippen LogP contribution in [0.15, 0.2) is 52.9 Å². The number of anilines is 1. The number of ether oxygens (including phenoxy) is 2. The number of fused-ring (bicyclic) bond motifs is 4. The van der Waals surface area contributed by atoms with E-state index in [1.807, 2.05) is 13.8 Å². The third-order valence-electron chi connectivity index (χ3n) is 6.31. The standard InChI is InChI=1S/C25H21F4NO4/c1-23(2)13-24(16-10-17(26)20(32-3)11-19(16)34-23)15-6-4-5-7-18(15)30(22(24)31)12-14-8-9-21(33-14)25(27,28)29/h4-11H,12-13H2,1-3H3. The fourth-order valence-electron chi connectivity index (χ4n) is 5.06. The third kappa shape index (κ3) is 3.25. The molecule has 0 radical (unpaired) electrons. The van der Waals surface area contributed by atoms with Gasteiger partial charge in [-0.15, -0.1) is 0 Å². The highest BCUT2D eigenvalue weighted by molar-refractivity contribution is 6.11. The molecule has 9 heteroatoms. The highest BCUT2D eigenvalue weighted by Crippen LogP contribution is 2.56. The summed E-state index contributed by atoms with van der Waals surface area (Å²) in [5.41, 5.74) is -0.592. The molecular weight excluding hydrogens is 454 g/mol. The van der Waals surface area contributed by atoms with E-state index >= 15 is 0 Å². The summed E-state index contributed by atoms with van der Waals surface area (Å²) in [6, 6.07) is 11.7. The summed E-state index contributed by atoms with van der Waals surface area (Å²) in [5.74, 6) is -1.88. The van der Waals surface area contributed by atoms with Crippen molar-refractivity contribution in [1.82, 2.24) is 0 Å². The molecule has 5 rings (SSSR count). The first-order chi connectivity index (χ1) is 16.0. The van der Waals surface area contributed by atoms with Gasteiger partial charge in [-0.1, -0.05) is 18.2 Å². The Bertz CT molecular complexity index is 1300. The number of alkyl halides is 3. The van der Waals surface area contributed by atoms with Crippen LogP contribution in [0.5, 0.6) is 11.5 Å². The topological polar surface area (TPSA) is 51.9 Å². The lowest BCUT2D eigenvalue weighted by molar-refractivity contribution is -0.153. The first-order valence-corrected chi connectivity index (χ1v) is 10.6. The smallest absolute Gasteiger partial charge is 0.449 e. The molecular formula is C25H21F4NO4. The van der Waals surface area contributed by atoms with Gasteiger partial charge < -0.3 is 18.8 Å². The Morgan fingerprint density at radius 2 is 1.82 bits per heavy atom. The maximum atomic E-state index is 14.8. The number of methoxy groups -OCH3 is 1. The first-order valence-electron chi connectivity index (χ1n) is 10.6.